The quantitative estimate of drug-likeness (QED) is 0.797. The highest BCUT2D eigenvalue weighted by Gasteiger charge is 2.76. The molecule has 2 saturated carbocycles. The van der Waals surface area contributed by atoms with Crippen molar-refractivity contribution in [1.29, 1.82) is 0 Å². The lowest BCUT2D eigenvalue weighted by molar-refractivity contribution is -0.00568. The van der Waals surface area contributed by atoms with E-state index in [0.29, 0.717) is 0 Å². The summed E-state index contributed by atoms with van der Waals surface area (Å²) < 4.78 is 54.0. The summed E-state index contributed by atoms with van der Waals surface area (Å²) in [5.74, 6) is 0.0735. The van der Waals surface area contributed by atoms with Crippen molar-refractivity contribution in [2.75, 3.05) is 13.2 Å². The smallest absolute Gasteiger partial charge is 0.246 e. The Morgan fingerprint density at radius 2 is 1.91 bits per heavy atom. The lowest BCUT2D eigenvalue weighted by atomic mass is 9.89. The van der Waals surface area contributed by atoms with Gasteiger partial charge in [-0.2, -0.15) is 0 Å². The Kier molecular flexibility index (Phi) is 4.01. The SMILES string of the molecule is Cc1ccc(S(=O)(=O)NC[C@]2(C3CC3)C[C@@]2(CO)C(F)F)cc1. The molecule has 0 radical (unpaired) electrons. The first kappa shape index (κ1) is 16.8. The molecule has 4 nitrogen and oxygen atoms in total. The number of aliphatic hydroxyl groups is 1. The lowest BCUT2D eigenvalue weighted by Gasteiger charge is -2.24. The maximum absolute atomic E-state index is 13.4. The number of hydrogen-bond donors (Lipinski definition) is 2. The molecule has 2 fully saturated rings. The van der Waals surface area contributed by atoms with Crippen LogP contribution in [0.3, 0.4) is 0 Å². The van der Waals surface area contributed by atoms with E-state index in [1.807, 2.05) is 6.92 Å². The van der Waals surface area contributed by atoms with Gasteiger partial charge in [0.05, 0.1) is 16.9 Å². The number of benzene rings is 1. The van der Waals surface area contributed by atoms with E-state index in [2.05, 4.69) is 4.72 Å². The molecule has 128 valence electrons. The fourth-order valence-corrected chi connectivity index (χ4v) is 4.80. The van der Waals surface area contributed by atoms with Crippen LogP contribution < -0.4 is 4.72 Å². The van der Waals surface area contributed by atoms with Gasteiger partial charge in [-0.15, -0.1) is 0 Å². The Bertz CT molecular complexity index is 688. The van der Waals surface area contributed by atoms with Gasteiger partial charge in [-0.25, -0.2) is 21.9 Å². The van der Waals surface area contributed by atoms with E-state index >= 15 is 0 Å². The van der Waals surface area contributed by atoms with Gasteiger partial charge in [0.25, 0.3) is 0 Å². The second-order valence-electron chi connectivity index (χ2n) is 6.86. The molecule has 23 heavy (non-hydrogen) atoms. The predicted octanol–water partition coefficient (Wildman–Crippen LogP) is 2.32. The third-order valence-corrected chi connectivity index (χ3v) is 6.88. The first-order valence-corrected chi connectivity index (χ1v) is 9.21. The summed E-state index contributed by atoms with van der Waals surface area (Å²) in [5, 5.41) is 9.46. The Hall–Kier alpha value is -1.05. The van der Waals surface area contributed by atoms with E-state index in [9.17, 15) is 22.3 Å². The van der Waals surface area contributed by atoms with Crippen molar-refractivity contribution in [1.82, 2.24) is 4.72 Å². The van der Waals surface area contributed by atoms with E-state index in [1.54, 1.807) is 12.1 Å². The van der Waals surface area contributed by atoms with Gasteiger partial charge in [-0.3, -0.25) is 0 Å². The fourth-order valence-electron chi connectivity index (χ4n) is 3.69. The first-order chi connectivity index (χ1) is 10.8. The monoisotopic (exact) mass is 345 g/mol. The minimum absolute atomic E-state index is 0.0429. The maximum atomic E-state index is 13.4. The van der Waals surface area contributed by atoms with Gasteiger partial charge >= 0.3 is 0 Å². The van der Waals surface area contributed by atoms with Crippen molar-refractivity contribution in [2.24, 2.45) is 16.7 Å². The Morgan fingerprint density at radius 1 is 1.30 bits per heavy atom. The topological polar surface area (TPSA) is 66.4 Å². The van der Waals surface area contributed by atoms with E-state index in [0.717, 1.165) is 18.4 Å². The molecule has 1 aromatic rings. The molecule has 1 aromatic carbocycles. The molecule has 0 unspecified atom stereocenters. The number of sulfonamides is 1. The summed E-state index contributed by atoms with van der Waals surface area (Å²) in [5.41, 5.74) is -1.32. The molecule has 2 aliphatic rings. The number of hydrogen-bond acceptors (Lipinski definition) is 3. The van der Waals surface area contributed by atoms with Crippen LogP contribution in [0.2, 0.25) is 0 Å². The predicted molar refractivity (Wildman–Crippen MR) is 81.7 cm³/mol. The van der Waals surface area contributed by atoms with E-state index in [4.69, 9.17) is 0 Å². The van der Waals surface area contributed by atoms with Crippen LogP contribution in [0.25, 0.3) is 0 Å². The molecule has 0 aliphatic heterocycles. The summed E-state index contributed by atoms with van der Waals surface area (Å²) in [6.45, 7) is 1.21. The molecule has 0 bridgehead atoms. The second-order valence-corrected chi connectivity index (χ2v) is 8.63. The largest absolute Gasteiger partial charge is 0.396 e. The van der Waals surface area contributed by atoms with Gasteiger partial charge in [0.2, 0.25) is 16.4 Å². The number of aliphatic hydroxyl groups excluding tert-OH is 1. The molecule has 7 heteroatoms. The molecular weight excluding hydrogens is 324 g/mol. The summed E-state index contributed by atoms with van der Waals surface area (Å²) in [7, 11) is -3.74. The highest BCUT2D eigenvalue weighted by atomic mass is 32.2. The molecule has 0 heterocycles. The summed E-state index contributed by atoms with van der Waals surface area (Å²) in [6.07, 6.45) is -0.826. The molecule has 2 N–H and O–H groups in total. The van der Waals surface area contributed by atoms with Crippen molar-refractivity contribution in [3.63, 3.8) is 0 Å². The average molecular weight is 345 g/mol. The molecule has 0 saturated heterocycles. The van der Waals surface area contributed by atoms with Crippen LogP contribution in [0.5, 0.6) is 0 Å². The third kappa shape index (κ3) is 2.68. The third-order valence-electron chi connectivity index (χ3n) is 5.47. The van der Waals surface area contributed by atoms with Crippen molar-refractivity contribution in [3.05, 3.63) is 29.8 Å². The van der Waals surface area contributed by atoms with Gasteiger partial charge in [-0.05, 0) is 44.2 Å². The van der Waals surface area contributed by atoms with Crippen molar-refractivity contribution >= 4 is 10.0 Å². The zero-order valence-electron chi connectivity index (χ0n) is 12.9. The zero-order chi connectivity index (χ0) is 16.9. The Balaban J connectivity index is 1.77. The molecule has 0 spiro atoms. The van der Waals surface area contributed by atoms with Crippen LogP contribution in [0.4, 0.5) is 8.78 Å². The normalized spacial score (nSPS) is 30.7. The highest BCUT2D eigenvalue weighted by Crippen LogP contribution is 2.74. The lowest BCUT2D eigenvalue weighted by Crippen LogP contribution is -2.37. The number of alkyl halides is 2. The van der Waals surface area contributed by atoms with E-state index in [1.165, 1.54) is 12.1 Å². The standard InChI is InChI=1S/C16H21F2NO3S/c1-11-2-6-13(7-3-11)23(21,22)19-9-15(12-4-5-12)8-16(15,10-20)14(17)18/h2-3,6-7,12,14,19-20H,4-5,8-10H2,1H3/t15-,16+/m0/s1. The fraction of sp³-hybridized carbons (Fsp3) is 0.625. The van der Waals surface area contributed by atoms with Crippen molar-refractivity contribution < 1.29 is 22.3 Å². The van der Waals surface area contributed by atoms with E-state index < -0.39 is 33.9 Å². The number of aryl methyl sites for hydroxylation is 1. The van der Waals surface area contributed by atoms with Gasteiger partial charge in [0, 0.05) is 12.0 Å². The van der Waals surface area contributed by atoms with Crippen LogP contribution >= 0.6 is 0 Å². The van der Waals surface area contributed by atoms with Crippen LogP contribution in [0.15, 0.2) is 29.2 Å². The van der Waals surface area contributed by atoms with Crippen molar-refractivity contribution in [2.45, 2.75) is 37.5 Å². The summed E-state index contributed by atoms with van der Waals surface area (Å²) in [6, 6.07) is 6.39. The van der Waals surface area contributed by atoms with Crippen LogP contribution in [-0.2, 0) is 10.0 Å². The van der Waals surface area contributed by atoms with Crippen molar-refractivity contribution in [3.8, 4) is 0 Å². The van der Waals surface area contributed by atoms with Gasteiger partial charge in [0.15, 0.2) is 0 Å². The van der Waals surface area contributed by atoms with Crippen LogP contribution in [-0.4, -0.2) is 33.1 Å². The second kappa shape index (κ2) is 5.50. The Labute approximate surface area is 135 Å². The average Bonchev–Trinajstić information content (AvgIpc) is 3.38. The number of nitrogens with one attached hydrogen (secondary N) is 1. The minimum atomic E-state index is -3.74. The number of rotatable bonds is 7. The molecule has 2 atom stereocenters. The summed E-state index contributed by atoms with van der Waals surface area (Å²) in [4.78, 5) is 0.126. The molecule has 3 rings (SSSR count). The molecule has 0 aromatic heterocycles. The van der Waals surface area contributed by atoms with Gasteiger partial charge in [-0.1, -0.05) is 17.7 Å². The van der Waals surface area contributed by atoms with Gasteiger partial charge < -0.3 is 5.11 Å². The first-order valence-electron chi connectivity index (χ1n) is 7.73. The summed E-state index contributed by atoms with van der Waals surface area (Å²) >= 11 is 0. The zero-order valence-corrected chi connectivity index (χ0v) is 13.7. The molecule has 2 aliphatic carbocycles. The van der Waals surface area contributed by atoms with Gasteiger partial charge in [0.1, 0.15) is 0 Å². The highest BCUT2D eigenvalue weighted by molar-refractivity contribution is 7.89. The molecular formula is C16H21F2NO3S. The van der Waals surface area contributed by atoms with Crippen LogP contribution in [0, 0.1) is 23.7 Å². The Morgan fingerprint density at radius 3 is 2.35 bits per heavy atom. The minimum Gasteiger partial charge on any atom is -0.396 e. The molecule has 0 amide bonds. The maximum Gasteiger partial charge on any atom is 0.246 e. The van der Waals surface area contributed by atoms with Crippen LogP contribution in [0.1, 0.15) is 24.8 Å². The van der Waals surface area contributed by atoms with E-state index in [-0.39, 0.29) is 23.8 Å². The number of halogens is 2.